The van der Waals surface area contributed by atoms with Crippen LogP contribution in [0.4, 0.5) is 0 Å². The molecule has 0 fully saturated rings. The number of aromatic nitrogens is 1. The molecule has 0 saturated carbocycles. The smallest absolute Gasteiger partial charge is 0.0480 e. The maximum Gasteiger partial charge on any atom is 0.0480 e. The van der Waals surface area contributed by atoms with Crippen LogP contribution in [0.2, 0.25) is 0 Å². The van der Waals surface area contributed by atoms with Crippen LogP contribution < -0.4 is 0 Å². The van der Waals surface area contributed by atoms with Gasteiger partial charge in [-0.15, -0.1) is 0 Å². The van der Waals surface area contributed by atoms with Gasteiger partial charge >= 0.3 is 0 Å². The van der Waals surface area contributed by atoms with E-state index >= 15 is 0 Å². The zero-order valence-electron chi connectivity index (χ0n) is 9.33. The van der Waals surface area contributed by atoms with Gasteiger partial charge in [-0.2, -0.15) is 0 Å². The minimum Gasteiger partial charge on any atom is -0.347 e. The highest BCUT2D eigenvalue weighted by Crippen LogP contribution is 2.24. The topological polar surface area (TPSA) is 4.93 Å². The predicted octanol–water partition coefficient (Wildman–Crippen LogP) is 3.61. The first-order chi connectivity index (χ1) is 6.59. The summed E-state index contributed by atoms with van der Waals surface area (Å²) < 4.78 is 2.29. The largest absolute Gasteiger partial charge is 0.347 e. The van der Waals surface area contributed by atoms with E-state index < -0.39 is 0 Å². The molecule has 0 radical (unpaired) electrons. The Morgan fingerprint density at radius 2 is 1.86 bits per heavy atom. The molecule has 0 aliphatic carbocycles. The van der Waals surface area contributed by atoms with Crippen LogP contribution in [0.25, 0.3) is 10.9 Å². The second kappa shape index (κ2) is 3.16. The van der Waals surface area contributed by atoms with E-state index in [-0.39, 0.29) is 0 Å². The minimum absolute atomic E-state index is 0.590. The molecule has 1 aromatic carbocycles. The Bertz CT molecular complexity index is 463. The van der Waals surface area contributed by atoms with Crippen molar-refractivity contribution in [3.63, 3.8) is 0 Å². The van der Waals surface area contributed by atoms with E-state index in [1.165, 1.54) is 22.2 Å². The van der Waals surface area contributed by atoms with Crippen LogP contribution >= 0.6 is 0 Å². The third-order valence-corrected chi connectivity index (χ3v) is 2.83. The Morgan fingerprint density at radius 3 is 2.50 bits per heavy atom. The van der Waals surface area contributed by atoms with E-state index in [1.807, 2.05) is 0 Å². The van der Waals surface area contributed by atoms with Gasteiger partial charge in [0.2, 0.25) is 0 Å². The fourth-order valence-electron chi connectivity index (χ4n) is 2.04. The molecule has 0 amide bonds. The van der Waals surface area contributed by atoms with Gasteiger partial charge in [-0.3, -0.25) is 0 Å². The standard InChI is InChI=1S/C13H17N/c1-9(2)13-8-11-7-10(3)5-6-12(11)14(13)4/h5-9H,1-4H3. The van der Waals surface area contributed by atoms with E-state index in [2.05, 4.69) is 56.7 Å². The summed E-state index contributed by atoms with van der Waals surface area (Å²) in [4.78, 5) is 0. The van der Waals surface area contributed by atoms with E-state index in [4.69, 9.17) is 0 Å². The Labute approximate surface area is 85.4 Å². The summed E-state index contributed by atoms with van der Waals surface area (Å²) >= 11 is 0. The first-order valence-electron chi connectivity index (χ1n) is 5.15. The first-order valence-corrected chi connectivity index (χ1v) is 5.15. The van der Waals surface area contributed by atoms with Crippen molar-refractivity contribution < 1.29 is 0 Å². The molecule has 0 spiro atoms. The molecule has 14 heavy (non-hydrogen) atoms. The minimum atomic E-state index is 0.590. The van der Waals surface area contributed by atoms with Crippen LogP contribution in [-0.2, 0) is 7.05 Å². The van der Waals surface area contributed by atoms with Crippen LogP contribution in [0.3, 0.4) is 0 Å². The van der Waals surface area contributed by atoms with Gasteiger partial charge in [-0.05, 0) is 31.0 Å². The van der Waals surface area contributed by atoms with Gasteiger partial charge in [0.25, 0.3) is 0 Å². The van der Waals surface area contributed by atoms with Gasteiger partial charge < -0.3 is 4.57 Å². The zero-order valence-corrected chi connectivity index (χ0v) is 9.33. The molecule has 0 aliphatic heterocycles. The summed E-state index contributed by atoms with van der Waals surface area (Å²) in [6.45, 7) is 6.61. The van der Waals surface area contributed by atoms with Crippen molar-refractivity contribution in [1.82, 2.24) is 4.57 Å². The zero-order chi connectivity index (χ0) is 10.3. The fourth-order valence-corrected chi connectivity index (χ4v) is 2.04. The lowest BCUT2D eigenvalue weighted by Gasteiger charge is -2.06. The summed E-state index contributed by atoms with van der Waals surface area (Å²) in [7, 11) is 2.15. The van der Waals surface area contributed by atoms with Crippen molar-refractivity contribution in [2.24, 2.45) is 7.05 Å². The van der Waals surface area contributed by atoms with Gasteiger partial charge in [0, 0.05) is 23.6 Å². The van der Waals surface area contributed by atoms with E-state index in [1.54, 1.807) is 0 Å². The molecule has 0 atom stereocenters. The average Bonchev–Trinajstić information content (AvgIpc) is 2.43. The maximum absolute atomic E-state index is 2.30. The van der Waals surface area contributed by atoms with Crippen LogP contribution in [0.1, 0.15) is 31.0 Å². The lowest BCUT2D eigenvalue weighted by molar-refractivity contribution is 0.755. The Morgan fingerprint density at radius 1 is 1.14 bits per heavy atom. The average molecular weight is 187 g/mol. The molecule has 2 rings (SSSR count). The van der Waals surface area contributed by atoms with Crippen molar-refractivity contribution in [3.05, 3.63) is 35.5 Å². The van der Waals surface area contributed by atoms with Crippen LogP contribution in [0.5, 0.6) is 0 Å². The number of fused-ring (bicyclic) bond motifs is 1. The molecule has 1 heterocycles. The molecule has 1 nitrogen and oxygen atoms in total. The molecule has 1 aromatic heterocycles. The number of benzene rings is 1. The van der Waals surface area contributed by atoms with E-state index in [0.29, 0.717) is 5.92 Å². The Balaban J connectivity index is 2.73. The van der Waals surface area contributed by atoms with Gasteiger partial charge in [-0.1, -0.05) is 25.5 Å². The Kier molecular flexibility index (Phi) is 2.10. The van der Waals surface area contributed by atoms with Gasteiger partial charge in [-0.25, -0.2) is 0 Å². The molecule has 0 N–H and O–H groups in total. The van der Waals surface area contributed by atoms with Gasteiger partial charge in [0.1, 0.15) is 0 Å². The summed E-state index contributed by atoms with van der Waals surface area (Å²) in [5.74, 6) is 0.590. The molecule has 1 heteroatoms. The predicted molar refractivity (Wildman–Crippen MR) is 61.7 cm³/mol. The molecule has 2 aromatic rings. The normalized spacial score (nSPS) is 11.5. The molecule has 0 unspecified atom stereocenters. The third kappa shape index (κ3) is 1.33. The molecule has 0 saturated heterocycles. The number of rotatable bonds is 1. The molecule has 74 valence electrons. The molecular formula is C13H17N. The molecular weight excluding hydrogens is 170 g/mol. The second-order valence-electron chi connectivity index (χ2n) is 4.35. The quantitative estimate of drug-likeness (QED) is 0.642. The summed E-state index contributed by atoms with van der Waals surface area (Å²) in [5, 5.41) is 1.36. The second-order valence-corrected chi connectivity index (χ2v) is 4.35. The summed E-state index contributed by atoms with van der Waals surface area (Å²) in [6, 6.07) is 8.93. The maximum atomic E-state index is 2.30. The lowest BCUT2D eigenvalue weighted by Crippen LogP contribution is -1.97. The van der Waals surface area contributed by atoms with Crippen LogP contribution in [-0.4, -0.2) is 4.57 Å². The molecule has 0 bridgehead atoms. The van der Waals surface area contributed by atoms with Crippen molar-refractivity contribution in [3.8, 4) is 0 Å². The SMILES string of the molecule is Cc1ccc2c(c1)cc(C(C)C)n2C. The highest BCUT2D eigenvalue weighted by molar-refractivity contribution is 5.82. The summed E-state index contributed by atoms with van der Waals surface area (Å²) in [6.07, 6.45) is 0. The number of nitrogens with zero attached hydrogens (tertiary/aromatic N) is 1. The summed E-state index contributed by atoms with van der Waals surface area (Å²) in [5.41, 5.74) is 4.07. The first kappa shape index (κ1) is 9.32. The number of hydrogen-bond donors (Lipinski definition) is 0. The van der Waals surface area contributed by atoms with Crippen LogP contribution in [0.15, 0.2) is 24.3 Å². The molecule has 0 aliphatic rings. The lowest BCUT2D eigenvalue weighted by atomic mass is 10.1. The number of hydrogen-bond acceptors (Lipinski definition) is 0. The third-order valence-electron chi connectivity index (χ3n) is 2.83. The Hall–Kier alpha value is -1.24. The fraction of sp³-hybridized carbons (Fsp3) is 0.385. The van der Waals surface area contributed by atoms with Crippen molar-refractivity contribution >= 4 is 10.9 Å². The van der Waals surface area contributed by atoms with Crippen molar-refractivity contribution in [1.29, 1.82) is 0 Å². The van der Waals surface area contributed by atoms with Crippen LogP contribution in [0, 0.1) is 6.92 Å². The number of aryl methyl sites for hydroxylation is 2. The van der Waals surface area contributed by atoms with Crippen molar-refractivity contribution in [2.75, 3.05) is 0 Å². The van der Waals surface area contributed by atoms with Gasteiger partial charge in [0.15, 0.2) is 0 Å². The van der Waals surface area contributed by atoms with Crippen molar-refractivity contribution in [2.45, 2.75) is 26.7 Å². The highest BCUT2D eigenvalue weighted by Gasteiger charge is 2.08. The van der Waals surface area contributed by atoms with E-state index in [0.717, 1.165) is 0 Å². The monoisotopic (exact) mass is 187 g/mol. The van der Waals surface area contributed by atoms with E-state index in [9.17, 15) is 0 Å². The highest BCUT2D eigenvalue weighted by atomic mass is 14.9. The van der Waals surface area contributed by atoms with Gasteiger partial charge in [0.05, 0.1) is 0 Å².